The van der Waals surface area contributed by atoms with Crippen molar-refractivity contribution in [2.75, 3.05) is 0 Å². The molecule has 0 atom stereocenters. The summed E-state index contributed by atoms with van der Waals surface area (Å²) < 4.78 is 3.02. The first kappa shape index (κ1) is 14.6. The fraction of sp³-hybridized carbons (Fsp3) is 0.235. The number of para-hydroxylation sites is 1. The van der Waals surface area contributed by atoms with E-state index < -0.39 is 0 Å². The van der Waals surface area contributed by atoms with Crippen molar-refractivity contribution < 1.29 is 0 Å². The summed E-state index contributed by atoms with van der Waals surface area (Å²) in [6.45, 7) is 2.03. The second-order valence-corrected chi connectivity index (χ2v) is 7.21. The van der Waals surface area contributed by atoms with Gasteiger partial charge in [0.1, 0.15) is 5.15 Å². The van der Waals surface area contributed by atoms with Gasteiger partial charge in [-0.25, -0.2) is 14.5 Å². The molecule has 0 bridgehead atoms. The summed E-state index contributed by atoms with van der Waals surface area (Å²) in [5.74, 6) is 0.658. The smallest absolute Gasteiger partial charge is 0.157 e. The van der Waals surface area contributed by atoms with Crippen molar-refractivity contribution in [3.8, 4) is 0 Å². The van der Waals surface area contributed by atoms with Gasteiger partial charge in [0.25, 0.3) is 0 Å². The lowest BCUT2D eigenvalue weighted by Crippen LogP contribution is -1.95. The highest BCUT2D eigenvalue weighted by atomic mass is 35.5. The van der Waals surface area contributed by atoms with E-state index in [9.17, 15) is 0 Å². The maximum absolute atomic E-state index is 5.89. The zero-order valence-electron chi connectivity index (χ0n) is 12.6. The number of hydrogen-bond acceptors (Lipinski definition) is 4. The molecule has 0 spiro atoms. The molecule has 1 aliphatic rings. The molecule has 1 saturated carbocycles. The number of thiazole rings is 1. The van der Waals surface area contributed by atoms with Gasteiger partial charge in [0, 0.05) is 18.0 Å². The SMILES string of the molecule is Cc1nc2ccccc2s1.Clc1cc(C2CC2)c2nccn2n1. The van der Waals surface area contributed by atoms with Gasteiger partial charge in [0.15, 0.2) is 5.65 Å². The third-order valence-electron chi connectivity index (χ3n) is 3.78. The van der Waals surface area contributed by atoms with E-state index >= 15 is 0 Å². The van der Waals surface area contributed by atoms with Gasteiger partial charge in [-0.1, -0.05) is 23.7 Å². The van der Waals surface area contributed by atoms with Crippen LogP contribution in [0.25, 0.3) is 15.9 Å². The summed E-state index contributed by atoms with van der Waals surface area (Å²) in [4.78, 5) is 8.59. The van der Waals surface area contributed by atoms with Gasteiger partial charge in [-0.05, 0) is 43.9 Å². The third kappa shape index (κ3) is 3.07. The molecule has 0 unspecified atom stereocenters. The lowest BCUT2D eigenvalue weighted by molar-refractivity contribution is 0.913. The van der Waals surface area contributed by atoms with Crippen LogP contribution in [0.1, 0.15) is 29.3 Å². The molecule has 1 fully saturated rings. The molecule has 4 nitrogen and oxygen atoms in total. The molecule has 116 valence electrons. The molecular formula is C17H15ClN4S. The normalized spacial score (nSPS) is 14.0. The second kappa shape index (κ2) is 5.91. The Hall–Kier alpha value is -1.98. The molecule has 0 amide bonds. The van der Waals surface area contributed by atoms with Crippen molar-refractivity contribution >= 4 is 38.8 Å². The van der Waals surface area contributed by atoms with E-state index in [1.807, 2.05) is 37.4 Å². The first-order chi connectivity index (χ1) is 11.2. The number of benzene rings is 1. The number of halogens is 1. The summed E-state index contributed by atoms with van der Waals surface area (Å²) in [7, 11) is 0. The Balaban J connectivity index is 0.000000122. The van der Waals surface area contributed by atoms with Crippen molar-refractivity contribution in [1.82, 2.24) is 19.6 Å². The zero-order chi connectivity index (χ0) is 15.8. The summed E-state index contributed by atoms with van der Waals surface area (Å²) >= 11 is 7.63. The second-order valence-electron chi connectivity index (χ2n) is 5.59. The summed E-state index contributed by atoms with van der Waals surface area (Å²) in [5.41, 5.74) is 3.31. The van der Waals surface area contributed by atoms with Crippen molar-refractivity contribution in [2.45, 2.75) is 25.7 Å². The van der Waals surface area contributed by atoms with Crippen LogP contribution in [0.2, 0.25) is 5.15 Å². The monoisotopic (exact) mass is 342 g/mol. The van der Waals surface area contributed by atoms with Crippen LogP contribution in [-0.2, 0) is 0 Å². The van der Waals surface area contributed by atoms with Crippen LogP contribution in [-0.4, -0.2) is 19.6 Å². The van der Waals surface area contributed by atoms with Gasteiger partial charge in [-0.3, -0.25) is 0 Å². The van der Waals surface area contributed by atoms with Crippen molar-refractivity contribution in [3.05, 3.63) is 58.4 Å². The number of hydrogen-bond donors (Lipinski definition) is 0. The van der Waals surface area contributed by atoms with Crippen LogP contribution in [0.15, 0.2) is 42.7 Å². The minimum Gasteiger partial charge on any atom is -0.242 e. The number of aromatic nitrogens is 4. The average Bonchev–Trinajstić information content (AvgIpc) is 3.15. The lowest BCUT2D eigenvalue weighted by Gasteiger charge is -2.00. The fourth-order valence-electron chi connectivity index (χ4n) is 2.59. The Bertz CT molecular complexity index is 938. The van der Waals surface area contributed by atoms with Crippen LogP contribution >= 0.6 is 22.9 Å². The maximum Gasteiger partial charge on any atom is 0.157 e. The summed E-state index contributed by atoms with van der Waals surface area (Å²) in [6.07, 6.45) is 6.09. The van der Waals surface area contributed by atoms with Crippen molar-refractivity contribution in [1.29, 1.82) is 0 Å². The molecule has 3 aromatic heterocycles. The Kier molecular flexibility index (Phi) is 3.75. The molecule has 5 rings (SSSR count). The highest BCUT2D eigenvalue weighted by Gasteiger charge is 2.26. The first-order valence-corrected chi connectivity index (χ1v) is 8.72. The van der Waals surface area contributed by atoms with E-state index in [0.29, 0.717) is 11.1 Å². The van der Waals surface area contributed by atoms with E-state index in [1.54, 1.807) is 22.0 Å². The third-order valence-corrected chi connectivity index (χ3v) is 4.91. The molecule has 1 aromatic carbocycles. The minimum absolute atomic E-state index is 0.549. The Morgan fingerprint density at radius 1 is 1.26 bits per heavy atom. The van der Waals surface area contributed by atoms with Crippen molar-refractivity contribution in [2.24, 2.45) is 0 Å². The Morgan fingerprint density at radius 2 is 2.09 bits per heavy atom. The number of imidazole rings is 1. The van der Waals surface area contributed by atoms with Gasteiger partial charge < -0.3 is 0 Å². The van der Waals surface area contributed by atoms with Crippen LogP contribution in [0.3, 0.4) is 0 Å². The minimum atomic E-state index is 0.549. The topological polar surface area (TPSA) is 43.1 Å². The number of fused-ring (bicyclic) bond motifs is 2. The van der Waals surface area contributed by atoms with Gasteiger partial charge in [-0.2, -0.15) is 5.10 Å². The van der Waals surface area contributed by atoms with Crippen LogP contribution < -0.4 is 0 Å². The average molecular weight is 343 g/mol. The van der Waals surface area contributed by atoms with Gasteiger partial charge in [0.2, 0.25) is 0 Å². The fourth-order valence-corrected chi connectivity index (χ4v) is 3.62. The largest absolute Gasteiger partial charge is 0.242 e. The lowest BCUT2D eigenvalue weighted by atomic mass is 10.2. The van der Waals surface area contributed by atoms with E-state index in [2.05, 4.69) is 21.1 Å². The zero-order valence-corrected chi connectivity index (χ0v) is 14.2. The molecule has 0 radical (unpaired) electrons. The van der Waals surface area contributed by atoms with Crippen LogP contribution in [0.4, 0.5) is 0 Å². The molecule has 0 saturated heterocycles. The highest BCUT2D eigenvalue weighted by Crippen LogP contribution is 2.41. The summed E-state index contributed by atoms with van der Waals surface area (Å²) in [6, 6.07) is 10.1. The Labute approximate surface area is 142 Å². The maximum atomic E-state index is 5.89. The highest BCUT2D eigenvalue weighted by molar-refractivity contribution is 7.18. The van der Waals surface area contributed by atoms with E-state index in [4.69, 9.17) is 11.6 Å². The van der Waals surface area contributed by atoms with Gasteiger partial charge in [0.05, 0.1) is 15.2 Å². The van der Waals surface area contributed by atoms with E-state index in [1.165, 1.54) is 23.1 Å². The van der Waals surface area contributed by atoms with Gasteiger partial charge >= 0.3 is 0 Å². The molecule has 23 heavy (non-hydrogen) atoms. The first-order valence-electron chi connectivity index (χ1n) is 7.52. The predicted octanol–water partition coefficient (Wildman–Crippen LogP) is 4.86. The molecule has 0 N–H and O–H groups in total. The molecule has 1 aliphatic carbocycles. The van der Waals surface area contributed by atoms with E-state index in [0.717, 1.165) is 16.2 Å². The molecular weight excluding hydrogens is 328 g/mol. The number of rotatable bonds is 1. The van der Waals surface area contributed by atoms with Crippen LogP contribution in [0, 0.1) is 6.92 Å². The standard InChI is InChI=1S/C9H8ClN3.C8H7NS/c10-8-5-7(6-1-2-6)9-11-3-4-13(9)12-8;1-6-9-7-4-2-3-5-8(7)10-6/h3-6H,1-2H2;2-5H,1H3. The van der Waals surface area contributed by atoms with Crippen LogP contribution in [0.5, 0.6) is 0 Å². The molecule has 3 heterocycles. The number of nitrogens with zero attached hydrogens (tertiary/aromatic N) is 4. The van der Waals surface area contributed by atoms with Crippen molar-refractivity contribution in [3.63, 3.8) is 0 Å². The number of aryl methyl sites for hydroxylation is 1. The van der Waals surface area contributed by atoms with E-state index in [-0.39, 0.29) is 0 Å². The summed E-state index contributed by atoms with van der Waals surface area (Å²) in [5, 5.41) is 5.81. The quantitative estimate of drug-likeness (QED) is 0.496. The predicted molar refractivity (Wildman–Crippen MR) is 94.3 cm³/mol. The molecule has 0 aliphatic heterocycles. The Morgan fingerprint density at radius 3 is 2.87 bits per heavy atom. The van der Waals surface area contributed by atoms with Gasteiger partial charge in [-0.15, -0.1) is 11.3 Å². The molecule has 6 heteroatoms. The molecule has 4 aromatic rings.